The van der Waals surface area contributed by atoms with E-state index >= 15 is 0 Å². The Bertz CT molecular complexity index is 2160. The van der Waals surface area contributed by atoms with E-state index < -0.39 is 0 Å². The number of H-pyrrole nitrogens is 3. The molecule has 6 aromatic rings. The fraction of sp³-hybridized carbons (Fsp3) is 0.125. The van der Waals surface area contributed by atoms with Crippen molar-refractivity contribution in [2.24, 2.45) is 0 Å². The van der Waals surface area contributed by atoms with Crippen LogP contribution in [0.5, 0.6) is 23.3 Å². The first kappa shape index (κ1) is 26.9. The van der Waals surface area contributed by atoms with Crippen LogP contribution in [0.3, 0.4) is 0 Å². The smallest absolute Gasteiger partial charge is 0.298 e. The lowest BCUT2D eigenvalue weighted by molar-refractivity contribution is 0.0931. The molecule has 3 aromatic carbocycles. The molecular weight excluding hydrogens is 583 g/mol. The quantitative estimate of drug-likeness (QED) is 0.174. The summed E-state index contributed by atoms with van der Waals surface area (Å²) in [6.45, 7) is 1.86. The highest BCUT2D eigenvalue weighted by atomic mass is 32.1. The maximum absolute atomic E-state index is 14.5. The molecule has 0 radical (unpaired) electrons. The number of aromatic nitrogens is 5. The number of nitrogens with one attached hydrogen (secondary N) is 3. The van der Waals surface area contributed by atoms with E-state index in [4.69, 9.17) is 43.7 Å². The topological polar surface area (TPSA) is 110 Å². The van der Waals surface area contributed by atoms with Crippen LogP contribution in [-0.2, 0) is 0 Å². The average Bonchev–Trinajstić information content (AvgIpc) is 3.57. The zero-order valence-electron chi connectivity index (χ0n) is 23.3. The van der Waals surface area contributed by atoms with Crippen LogP contribution >= 0.6 is 24.4 Å². The van der Waals surface area contributed by atoms with E-state index in [0.717, 1.165) is 38.9 Å². The highest BCUT2D eigenvalue weighted by Gasteiger charge is 2.38. The van der Waals surface area contributed by atoms with Crippen LogP contribution in [0.15, 0.2) is 72.8 Å². The standard InChI is InChI=1S/C32H25N5O4S2/c1-16-23-25(18-9-11-19(39-2)12-10-18)26-28(34-32(43)35-29(26)42)41-31(23)37(36-16)30(38)27-24(17-7-5-4-6-8-17)21-15-20(40-3)13-14-22(21)33-27/h4-15,25,33H,1-3H3,(H2,34,35,42,43). The lowest BCUT2D eigenvalue weighted by atomic mass is 9.85. The van der Waals surface area contributed by atoms with Crippen LogP contribution in [0, 0.1) is 16.3 Å². The fourth-order valence-electron chi connectivity index (χ4n) is 5.74. The molecular formula is C32H25N5O4S2. The fourth-order valence-corrected chi connectivity index (χ4v) is 6.32. The maximum atomic E-state index is 14.5. The molecule has 0 saturated heterocycles. The predicted octanol–water partition coefficient (Wildman–Crippen LogP) is 7.45. The van der Waals surface area contributed by atoms with Crippen LogP contribution < -0.4 is 14.2 Å². The third-order valence-electron chi connectivity index (χ3n) is 7.71. The number of fused-ring (bicyclic) bond motifs is 3. The lowest BCUT2D eigenvalue weighted by Crippen LogP contribution is -2.20. The van der Waals surface area contributed by atoms with Crippen molar-refractivity contribution in [1.29, 1.82) is 0 Å². The molecule has 0 bridgehead atoms. The van der Waals surface area contributed by atoms with Gasteiger partial charge in [-0.1, -0.05) is 54.7 Å². The van der Waals surface area contributed by atoms with Crippen LogP contribution in [0.25, 0.3) is 22.0 Å². The molecule has 3 N–H and O–H groups in total. The normalized spacial score (nSPS) is 13.7. The Labute approximate surface area is 256 Å². The van der Waals surface area contributed by atoms with Gasteiger partial charge in [-0.05, 0) is 60.6 Å². The molecule has 1 atom stereocenters. The van der Waals surface area contributed by atoms with Gasteiger partial charge in [0, 0.05) is 22.4 Å². The number of hydrogen-bond donors (Lipinski definition) is 3. The van der Waals surface area contributed by atoms with Crippen molar-refractivity contribution in [2.75, 3.05) is 14.2 Å². The second kappa shape index (κ2) is 10.4. The van der Waals surface area contributed by atoms with Gasteiger partial charge in [-0.2, -0.15) is 9.78 Å². The van der Waals surface area contributed by atoms with Gasteiger partial charge in [0.1, 0.15) is 21.8 Å². The highest BCUT2D eigenvalue weighted by molar-refractivity contribution is 7.72. The molecule has 9 nitrogen and oxygen atoms in total. The molecule has 4 heterocycles. The molecule has 43 heavy (non-hydrogen) atoms. The van der Waals surface area contributed by atoms with E-state index in [-0.39, 0.29) is 17.7 Å². The summed E-state index contributed by atoms with van der Waals surface area (Å²) in [6.07, 6.45) is 0. The molecule has 0 amide bonds. The summed E-state index contributed by atoms with van der Waals surface area (Å²) in [5.74, 6) is 1.29. The second-order valence-corrected chi connectivity index (χ2v) is 10.9. The molecule has 0 spiro atoms. The van der Waals surface area contributed by atoms with Crippen molar-refractivity contribution in [3.8, 4) is 34.4 Å². The third-order valence-corrected chi connectivity index (χ3v) is 8.23. The number of carbonyl (C=O) groups is 1. The molecule has 1 aliphatic rings. The zero-order valence-corrected chi connectivity index (χ0v) is 25.0. The first-order valence-corrected chi connectivity index (χ1v) is 14.3. The lowest BCUT2D eigenvalue weighted by Gasteiger charge is -2.26. The SMILES string of the molecule is COc1ccc(C2c3c(C)nn(C(=O)c4[nH]c5ccc(OC)cc5c4-c4ccccc4)c3Oc3[nH]c(=S)[nH]c(=S)c32)cc1. The Balaban J connectivity index is 1.45. The van der Waals surface area contributed by atoms with Crippen LogP contribution in [0.4, 0.5) is 0 Å². The summed E-state index contributed by atoms with van der Waals surface area (Å²) in [7, 11) is 3.24. The van der Waals surface area contributed by atoms with E-state index in [9.17, 15) is 4.79 Å². The van der Waals surface area contributed by atoms with E-state index in [1.54, 1.807) is 14.2 Å². The number of benzene rings is 3. The van der Waals surface area contributed by atoms with Crippen molar-refractivity contribution in [3.05, 3.63) is 110 Å². The van der Waals surface area contributed by atoms with E-state index in [1.807, 2.05) is 79.7 Å². The number of methoxy groups -OCH3 is 2. The van der Waals surface area contributed by atoms with E-state index in [2.05, 4.69) is 15.0 Å². The van der Waals surface area contributed by atoms with E-state index in [1.165, 1.54) is 4.68 Å². The maximum Gasteiger partial charge on any atom is 0.298 e. The number of aromatic amines is 3. The van der Waals surface area contributed by atoms with Crippen LogP contribution in [0.2, 0.25) is 0 Å². The third kappa shape index (κ3) is 4.36. The van der Waals surface area contributed by atoms with Gasteiger partial charge in [-0.15, -0.1) is 0 Å². The predicted molar refractivity (Wildman–Crippen MR) is 168 cm³/mol. The number of hydrogen-bond acceptors (Lipinski definition) is 7. The minimum absolute atomic E-state index is 0.289. The van der Waals surface area contributed by atoms with Crippen molar-refractivity contribution in [3.63, 3.8) is 0 Å². The summed E-state index contributed by atoms with van der Waals surface area (Å²) in [5, 5.41) is 5.59. The molecule has 3 aromatic heterocycles. The Morgan fingerprint density at radius 2 is 1.63 bits per heavy atom. The Morgan fingerprint density at radius 1 is 0.907 bits per heavy atom. The number of nitrogens with zero attached hydrogens (tertiary/aromatic N) is 2. The number of ether oxygens (including phenoxy) is 3. The summed E-state index contributed by atoms with van der Waals surface area (Å²) >= 11 is 11.1. The molecule has 7 rings (SSSR count). The van der Waals surface area contributed by atoms with Gasteiger partial charge < -0.3 is 29.2 Å². The van der Waals surface area contributed by atoms with Crippen molar-refractivity contribution < 1.29 is 19.0 Å². The minimum Gasteiger partial charge on any atom is -0.497 e. The van der Waals surface area contributed by atoms with Gasteiger partial charge in [0.2, 0.25) is 11.8 Å². The molecule has 214 valence electrons. The first-order chi connectivity index (χ1) is 20.9. The summed E-state index contributed by atoms with van der Waals surface area (Å²) < 4.78 is 19.4. The molecule has 11 heteroatoms. The molecule has 1 aliphatic heterocycles. The minimum atomic E-state index is -0.387. The van der Waals surface area contributed by atoms with Crippen LogP contribution in [-0.4, -0.2) is 44.9 Å². The Morgan fingerprint density at radius 3 is 2.35 bits per heavy atom. The Kier molecular flexibility index (Phi) is 6.48. The summed E-state index contributed by atoms with van der Waals surface area (Å²) in [5.41, 5.74) is 5.77. The van der Waals surface area contributed by atoms with Crippen molar-refractivity contribution in [1.82, 2.24) is 24.7 Å². The van der Waals surface area contributed by atoms with E-state index in [0.29, 0.717) is 38.0 Å². The van der Waals surface area contributed by atoms with Gasteiger partial charge >= 0.3 is 0 Å². The highest BCUT2D eigenvalue weighted by Crippen LogP contribution is 2.48. The van der Waals surface area contributed by atoms with Crippen molar-refractivity contribution in [2.45, 2.75) is 12.8 Å². The number of carbonyl (C=O) groups excluding carboxylic acids is 1. The van der Waals surface area contributed by atoms with Gasteiger partial charge in [0.15, 0.2) is 4.77 Å². The zero-order chi connectivity index (χ0) is 29.8. The van der Waals surface area contributed by atoms with Gasteiger partial charge in [-0.3, -0.25) is 4.79 Å². The molecule has 0 aliphatic carbocycles. The van der Waals surface area contributed by atoms with Crippen molar-refractivity contribution >= 4 is 41.2 Å². The number of aryl methyl sites for hydroxylation is 1. The molecule has 0 fully saturated rings. The molecule has 0 saturated carbocycles. The molecule has 1 unspecified atom stereocenters. The van der Waals surface area contributed by atoms with Gasteiger partial charge in [0.25, 0.3) is 5.91 Å². The van der Waals surface area contributed by atoms with Gasteiger partial charge in [0.05, 0.1) is 31.0 Å². The average molecular weight is 608 g/mol. The Hall–Kier alpha value is -5.00. The first-order valence-electron chi connectivity index (χ1n) is 13.5. The second-order valence-electron chi connectivity index (χ2n) is 10.1. The largest absolute Gasteiger partial charge is 0.497 e. The monoisotopic (exact) mass is 607 g/mol. The summed E-state index contributed by atoms with van der Waals surface area (Å²) in [6, 6.07) is 23.1. The summed E-state index contributed by atoms with van der Waals surface area (Å²) in [4.78, 5) is 24.0. The van der Waals surface area contributed by atoms with Gasteiger partial charge in [-0.25, -0.2) is 0 Å². The number of rotatable bonds is 5. The van der Waals surface area contributed by atoms with Crippen LogP contribution in [0.1, 0.15) is 38.8 Å².